The molecule has 0 atom stereocenters. The Labute approximate surface area is 111 Å². The molecule has 0 amide bonds. The first-order valence-electron chi connectivity index (χ1n) is 5.58. The molecule has 2 aromatic rings. The first-order valence-corrected chi connectivity index (χ1v) is 6.12. The van der Waals surface area contributed by atoms with Crippen LogP contribution in [-0.4, -0.2) is 5.97 Å². The summed E-state index contributed by atoms with van der Waals surface area (Å²) in [6, 6.07) is 9.66. The summed E-state index contributed by atoms with van der Waals surface area (Å²) in [5.41, 5.74) is 1.75. The van der Waals surface area contributed by atoms with Gasteiger partial charge in [-0.15, -0.1) is 11.6 Å². The van der Waals surface area contributed by atoms with Crippen LogP contribution in [0.2, 0.25) is 0 Å². The summed E-state index contributed by atoms with van der Waals surface area (Å²) in [6.07, 6.45) is 1.74. The number of carbonyl (C=O) groups is 1. The monoisotopic (exact) mass is 260 g/mol. The van der Waals surface area contributed by atoms with Crippen LogP contribution < -0.4 is 4.74 Å². The summed E-state index contributed by atoms with van der Waals surface area (Å²) in [7, 11) is 0. The Morgan fingerprint density at radius 3 is 2.61 bits per heavy atom. The molecule has 0 unspecified atom stereocenters. The number of carbonyl (C=O) groups excluding carboxylic acids is 1. The number of rotatable bonds is 3. The zero-order chi connectivity index (χ0) is 13.1. The molecule has 0 aliphatic rings. The predicted molar refractivity (Wildman–Crippen MR) is 74.9 cm³/mol. The van der Waals surface area contributed by atoms with Gasteiger partial charge in [0.1, 0.15) is 5.75 Å². The smallest absolute Gasteiger partial charge is 0.308 e. The van der Waals surface area contributed by atoms with Gasteiger partial charge in [-0.3, -0.25) is 4.79 Å². The van der Waals surface area contributed by atoms with Crippen molar-refractivity contribution in [2.45, 2.75) is 12.8 Å². The van der Waals surface area contributed by atoms with Crippen LogP contribution in [-0.2, 0) is 10.7 Å². The molecule has 0 spiro atoms. The maximum Gasteiger partial charge on any atom is 0.308 e. The maximum atomic E-state index is 11.1. The van der Waals surface area contributed by atoms with E-state index in [2.05, 4.69) is 6.58 Å². The first-order chi connectivity index (χ1) is 8.67. The molecule has 0 aromatic heterocycles. The topological polar surface area (TPSA) is 26.3 Å². The zero-order valence-electron chi connectivity index (χ0n) is 10.1. The summed E-state index contributed by atoms with van der Waals surface area (Å²) in [5, 5.41) is 2.04. The van der Waals surface area contributed by atoms with Gasteiger partial charge in [0.25, 0.3) is 0 Å². The summed E-state index contributed by atoms with van der Waals surface area (Å²) < 4.78 is 5.22. The number of halogens is 1. The van der Waals surface area contributed by atoms with Crippen LogP contribution in [0.25, 0.3) is 16.8 Å². The summed E-state index contributed by atoms with van der Waals surface area (Å²) in [6.45, 7) is 5.16. The Bertz CT molecular complexity index is 617. The molecule has 0 bridgehead atoms. The van der Waals surface area contributed by atoms with Gasteiger partial charge in [0.15, 0.2) is 0 Å². The van der Waals surface area contributed by atoms with E-state index in [4.69, 9.17) is 16.3 Å². The average molecular weight is 261 g/mol. The van der Waals surface area contributed by atoms with E-state index >= 15 is 0 Å². The minimum atomic E-state index is -0.355. The molecule has 92 valence electrons. The molecule has 2 aromatic carbocycles. The lowest BCUT2D eigenvalue weighted by Crippen LogP contribution is -2.04. The first kappa shape index (κ1) is 12.7. The van der Waals surface area contributed by atoms with Gasteiger partial charge in [0, 0.05) is 12.5 Å². The third kappa shape index (κ3) is 2.24. The molecule has 0 saturated heterocycles. The van der Waals surface area contributed by atoms with E-state index in [1.165, 1.54) is 6.92 Å². The van der Waals surface area contributed by atoms with Crippen molar-refractivity contribution in [3.05, 3.63) is 48.0 Å². The molecule has 0 fully saturated rings. The Kier molecular flexibility index (Phi) is 3.68. The number of fused-ring (bicyclic) bond motifs is 1. The second kappa shape index (κ2) is 5.23. The maximum absolute atomic E-state index is 11.1. The molecule has 0 heterocycles. The lowest BCUT2D eigenvalue weighted by atomic mass is 9.99. The number of ether oxygens (including phenoxy) is 1. The molecule has 0 aliphatic heterocycles. The van der Waals surface area contributed by atoms with Gasteiger partial charge in [-0.25, -0.2) is 0 Å². The molecular weight excluding hydrogens is 248 g/mol. The van der Waals surface area contributed by atoms with Gasteiger partial charge in [-0.2, -0.15) is 0 Å². The fourth-order valence-corrected chi connectivity index (χ4v) is 2.27. The van der Waals surface area contributed by atoms with Crippen LogP contribution >= 0.6 is 11.6 Å². The molecule has 0 N–H and O–H groups in total. The van der Waals surface area contributed by atoms with Gasteiger partial charge >= 0.3 is 5.97 Å². The van der Waals surface area contributed by atoms with Crippen molar-refractivity contribution in [3.8, 4) is 5.75 Å². The van der Waals surface area contributed by atoms with Gasteiger partial charge in [0.05, 0.1) is 5.88 Å². The fraction of sp³-hybridized carbons (Fsp3) is 0.133. The highest BCUT2D eigenvalue weighted by molar-refractivity contribution is 6.18. The standard InChI is InChI=1S/C15H13ClO2/c1-3-11-8-15(18-10(2)17)14(9-16)13-7-5-4-6-12(11)13/h3-8H,1,9H2,2H3. The number of esters is 1. The lowest BCUT2D eigenvalue weighted by Gasteiger charge is -2.12. The van der Waals surface area contributed by atoms with E-state index in [0.29, 0.717) is 11.6 Å². The highest BCUT2D eigenvalue weighted by Crippen LogP contribution is 2.33. The molecule has 0 saturated carbocycles. The van der Waals surface area contributed by atoms with E-state index in [9.17, 15) is 4.79 Å². The Hall–Kier alpha value is -1.80. The van der Waals surface area contributed by atoms with Crippen molar-refractivity contribution in [2.75, 3.05) is 0 Å². The number of hydrogen-bond donors (Lipinski definition) is 0. The van der Waals surface area contributed by atoms with Crippen molar-refractivity contribution in [1.82, 2.24) is 0 Å². The van der Waals surface area contributed by atoms with Crippen LogP contribution in [0.3, 0.4) is 0 Å². The largest absolute Gasteiger partial charge is 0.426 e. The van der Waals surface area contributed by atoms with Gasteiger partial charge in [0.2, 0.25) is 0 Å². The highest BCUT2D eigenvalue weighted by atomic mass is 35.5. The van der Waals surface area contributed by atoms with E-state index in [-0.39, 0.29) is 5.97 Å². The highest BCUT2D eigenvalue weighted by Gasteiger charge is 2.12. The van der Waals surface area contributed by atoms with Gasteiger partial charge in [-0.05, 0) is 22.4 Å². The van der Waals surface area contributed by atoms with Crippen molar-refractivity contribution in [1.29, 1.82) is 0 Å². The molecule has 18 heavy (non-hydrogen) atoms. The van der Waals surface area contributed by atoms with Crippen LogP contribution in [0.5, 0.6) is 5.75 Å². The van der Waals surface area contributed by atoms with Crippen molar-refractivity contribution in [2.24, 2.45) is 0 Å². The zero-order valence-corrected chi connectivity index (χ0v) is 10.8. The van der Waals surface area contributed by atoms with E-state index in [1.54, 1.807) is 12.1 Å². The summed E-state index contributed by atoms with van der Waals surface area (Å²) in [4.78, 5) is 11.1. The second-order valence-electron chi connectivity index (χ2n) is 3.92. The molecule has 0 aliphatic carbocycles. The second-order valence-corrected chi connectivity index (χ2v) is 4.19. The third-order valence-corrected chi connectivity index (χ3v) is 3.02. The van der Waals surface area contributed by atoms with Gasteiger partial charge < -0.3 is 4.74 Å². The Morgan fingerprint density at radius 2 is 2.06 bits per heavy atom. The Morgan fingerprint density at radius 1 is 1.39 bits per heavy atom. The number of alkyl halides is 1. The summed E-state index contributed by atoms with van der Waals surface area (Å²) >= 11 is 5.97. The van der Waals surface area contributed by atoms with Crippen molar-refractivity contribution >= 4 is 34.4 Å². The molecule has 2 rings (SSSR count). The molecule has 0 radical (unpaired) electrons. The molecule has 2 nitrogen and oxygen atoms in total. The lowest BCUT2D eigenvalue weighted by molar-refractivity contribution is -0.131. The van der Waals surface area contributed by atoms with Crippen LogP contribution in [0, 0.1) is 0 Å². The number of benzene rings is 2. The third-order valence-electron chi connectivity index (χ3n) is 2.75. The van der Waals surface area contributed by atoms with Crippen LogP contribution in [0.1, 0.15) is 18.1 Å². The van der Waals surface area contributed by atoms with Crippen LogP contribution in [0.4, 0.5) is 0 Å². The van der Waals surface area contributed by atoms with E-state index in [1.807, 2.05) is 24.3 Å². The summed E-state index contributed by atoms with van der Waals surface area (Å²) in [5.74, 6) is 0.443. The quantitative estimate of drug-likeness (QED) is 0.471. The Balaban J connectivity index is 2.78. The minimum absolute atomic E-state index is 0.292. The van der Waals surface area contributed by atoms with Crippen LogP contribution in [0.15, 0.2) is 36.9 Å². The SMILES string of the molecule is C=Cc1cc(OC(C)=O)c(CCl)c2ccccc12. The number of hydrogen-bond acceptors (Lipinski definition) is 2. The average Bonchev–Trinajstić information content (AvgIpc) is 2.37. The fourth-order valence-electron chi connectivity index (χ4n) is 1.99. The molecule has 3 heteroatoms. The predicted octanol–water partition coefficient (Wildman–Crippen LogP) is 4.15. The van der Waals surface area contributed by atoms with Crippen molar-refractivity contribution in [3.63, 3.8) is 0 Å². The normalized spacial score (nSPS) is 10.3. The van der Waals surface area contributed by atoms with E-state index < -0.39 is 0 Å². The minimum Gasteiger partial charge on any atom is -0.426 e. The van der Waals surface area contributed by atoms with Crippen molar-refractivity contribution < 1.29 is 9.53 Å². The van der Waals surface area contributed by atoms with Gasteiger partial charge in [-0.1, -0.05) is 36.9 Å². The molecular formula is C15H13ClO2. The van der Waals surface area contributed by atoms with E-state index in [0.717, 1.165) is 21.9 Å².